The number of ether oxygens (including phenoxy) is 1. The third-order valence-electron chi connectivity index (χ3n) is 5.71. The van der Waals surface area contributed by atoms with Gasteiger partial charge in [-0.05, 0) is 61.2 Å². The second kappa shape index (κ2) is 12.8. The molecule has 4 rings (SSSR count). The van der Waals surface area contributed by atoms with Crippen molar-refractivity contribution in [2.75, 3.05) is 6.61 Å². The molecule has 0 aliphatic rings. The number of benzene rings is 2. The fourth-order valence-corrected chi connectivity index (χ4v) is 3.97. The van der Waals surface area contributed by atoms with E-state index in [-0.39, 0.29) is 18.3 Å². The zero-order valence-electron chi connectivity index (χ0n) is 20.4. The van der Waals surface area contributed by atoms with Gasteiger partial charge in [-0.2, -0.15) is 0 Å². The SMILES string of the molecule is CCOC(=O)Cn1c(-c2ccnc(Cl)c2)cc(Cc2ccccc2O)c1C.CCc1ccccc1. The van der Waals surface area contributed by atoms with Crippen LogP contribution in [0.15, 0.2) is 79.0 Å². The molecule has 0 aliphatic carbocycles. The first-order valence-corrected chi connectivity index (χ1v) is 12.1. The number of hydrogen-bond acceptors (Lipinski definition) is 4. The summed E-state index contributed by atoms with van der Waals surface area (Å²) in [5.41, 5.74) is 5.92. The van der Waals surface area contributed by atoms with Crippen LogP contribution in [-0.2, 0) is 28.9 Å². The molecular weight excluding hydrogens is 460 g/mol. The lowest BCUT2D eigenvalue weighted by Gasteiger charge is -2.12. The maximum absolute atomic E-state index is 12.1. The molecule has 6 heteroatoms. The minimum atomic E-state index is -0.299. The van der Waals surface area contributed by atoms with Gasteiger partial charge >= 0.3 is 5.97 Å². The van der Waals surface area contributed by atoms with Crippen molar-refractivity contribution >= 4 is 17.6 Å². The maximum atomic E-state index is 12.1. The molecule has 0 fully saturated rings. The normalized spacial score (nSPS) is 10.4. The van der Waals surface area contributed by atoms with Gasteiger partial charge in [-0.1, -0.05) is 67.1 Å². The van der Waals surface area contributed by atoms with Crippen LogP contribution in [0.3, 0.4) is 0 Å². The Hall–Kier alpha value is -3.57. The minimum absolute atomic E-state index is 0.107. The maximum Gasteiger partial charge on any atom is 0.325 e. The van der Waals surface area contributed by atoms with Crippen LogP contribution in [0.2, 0.25) is 5.15 Å². The van der Waals surface area contributed by atoms with Crippen molar-refractivity contribution in [3.05, 3.63) is 107 Å². The molecule has 35 heavy (non-hydrogen) atoms. The van der Waals surface area contributed by atoms with Crippen molar-refractivity contribution in [1.29, 1.82) is 0 Å². The Morgan fingerprint density at radius 1 is 1.00 bits per heavy atom. The highest BCUT2D eigenvalue weighted by Crippen LogP contribution is 2.30. The van der Waals surface area contributed by atoms with Crippen LogP contribution in [0.1, 0.15) is 36.2 Å². The molecule has 5 nitrogen and oxygen atoms in total. The van der Waals surface area contributed by atoms with Crippen molar-refractivity contribution in [3.8, 4) is 17.0 Å². The highest BCUT2D eigenvalue weighted by atomic mass is 35.5. The molecule has 0 atom stereocenters. The van der Waals surface area contributed by atoms with E-state index >= 15 is 0 Å². The Bertz CT molecular complexity index is 1250. The lowest BCUT2D eigenvalue weighted by molar-refractivity contribution is -0.143. The summed E-state index contributed by atoms with van der Waals surface area (Å²) >= 11 is 6.05. The molecule has 0 radical (unpaired) electrons. The fraction of sp³-hybridized carbons (Fsp3) is 0.241. The van der Waals surface area contributed by atoms with Crippen LogP contribution in [0.25, 0.3) is 11.3 Å². The number of esters is 1. The van der Waals surface area contributed by atoms with Crippen molar-refractivity contribution in [2.24, 2.45) is 0 Å². The number of aromatic nitrogens is 2. The van der Waals surface area contributed by atoms with E-state index in [1.54, 1.807) is 31.3 Å². The number of para-hydroxylation sites is 1. The highest BCUT2D eigenvalue weighted by molar-refractivity contribution is 6.29. The Labute approximate surface area is 212 Å². The van der Waals surface area contributed by atoms with E-state index in [0.29, 0.717) is 18.2 Å². The molecule has 0 unspecified atom stereocenters. The first-order valence-electron chi connectivity index (χ1n) is 11.7. The molecule has 0 aliphatic heterocycles. The molecule has 2 heterocycles. The topological polar surface area (TPSA) is 64.4 Å². The number of carbonyl (C=O) groups excluding carboxylic acids is 1. The number of nitrogens with zero attached hydrogens (tertiary/aromatic N) is 2. The van der Waals surface area contributed by atoms with Gasteiger partial charge in [0.05, 0.1) is 6.61 Å². The van der Waals surface area contributed by atoms with Gasteiger partial charge in [0.15, 0.2) is 0 Å². The number of phenols is 1. The lowest BCUT2D eigenvalue weighted by atomic mass is 10.0. The predicted molar refractivity (Wildman–Crippen MR) is 141 cm³/mol. The monoisotopic (exact) mass is 490 g/mol. The zero-order chi connectivity index (χ0) is 25.2. The third kappa shape index (κ3) is 7.20. The number of rotatable bonds is 7. The number of aryl methyl sites for hydroxylation is 1. The van der Waals surface area contributed by atoms with Crippen molar-refractivity contribution in [2.45, 2.75) is 40.2 Å². The number of phenolic OH excluding ortho intramolecular Hbond substituents is 1. The summed E-state index contributed by atoms with van der Waals surface area (Å²) in [7, 11) is 0. The molecule has 2 aromatic carbocycles. The molecule has 1 N–H and O–H groups in total. The number of carbonyl (C=O) groups is 1. The summed E-state index contributed by atoms with van der Waals surface area (Å²) in [5, 5.41) is 10.5. The van der Waals surface area contributed by atoms with Gasteiger partial charge in [-0.15, -0.1) is 0 Å². The standard InChI is InChI=1S/C21H21ClN2O3.C8H10/c1-3-27-21(26)13-24-14(2)17(10-16-6-4-5-7-19(16)25)11-18(24)15-8-9-23-20(22)12-15;1-2-8-6-4-3-5-7-8/h4-9,11-12,25H,3,10,13H2,1-2H3;3-7H,2H2,1H3. The van der Waals surface area contributed by atoms with E-state index in [4.69, 9.17) is 16.3 Å². The van der Waals surface area contributed by atoms with Gasteiger partial charge in [-0.25, -0.2) is 4.98 Å². The van der Waals surface area contributed by atoms with Crippen LogP contribution in [0.5, 0.6) is 5.75 Å². The van der Waals surface area contributed by atoms with Crippen LogP contribution < -0.4 is 0 Å². The Balaban J connectivity index is 0.000000363. The van der Waals surface area contributed by atoms with E-state index in [9.17, 15) is 9.90 Å². The van der Waals surface area contributed by atoms with E-state index in [2.05, 4.69) is 36.2 Å². The summed E-state index contributed by atoms with van der Waals surface area (Å²) in [6.45, 7) is 6.35. The molecule has 2 aromatic heterocycles. The van der Waals surface area contributed by atoms with Gasteiger partial charge in [0.2, 0.25) is 0 Å². The van der Waals surface area contributed by atoms with Gasteiger partial charge < -0.3 is 14.4 Å². The minimum Gasteiger partial charge on any atom is -0.508 e. The molecule has 182 valence electrons. The van der Waals surface area contributed by atoms with E-state index in [0.717, 1.165) is 34.5 Å². The molecule has 0 saturated carbocycles. The summed E-state index contributed by atoms with van der Waals surface area (Å²) in [6.07, 6.45) is 3.33. The second-order valence-corrected chi connectivity index (χ2v) is 8.43. The number of halogens is 1. The molecule has 0 saturated heterocycles. The fourth-order valence-electron chi connectivity index (χ4n) is 3.80. The Morgan fingerprint density at radius 2 is 1.71 bits per heavy atom. The van der Waals surface area contributed by atoms with E-state index in [1.807, 2.05) is 41.8 Å². The van der Waals surface area contributed by atoms with Gasteiger partial charge in [0.25, 0.3) is 0 Å². The van der Waals surface area contributed by atoms with Crippen molar-refractivity contribution in [1.82, 2.24) is 9.55 Å². The lowest BCUT2D eigenvalue weighted by Crippen LogP contribution is -2.15. The van der Waals surface area contributed by atoms with Gasteiger partial charge in [-0.3, -0.25) is 4.79 Å². The Kier molecular flexibility index (Phi) is 9.50. The van der Waals surface area contributed by atoms with Crippen molar-refractivity contribution in [3.63, 3.8) is 0 Å². The summed E-state index contributed by atoms with van der Waals surface area (Å²) in [5.74, 6) is -0.0461. The molecule has 0 spiro atoms. The average Bonchev–Trinajstić information content (AvgIpc) is 3.16. The van der Waals surface area contributed by atoms with Crippen LogP contribution >= 0.6 is 11.6 Å². The summed E-state index contributed by atoms with van der Waals surface area (Å²) in [6, 6.07) is 23.3. The van der Waals surface area contributed by atoms with Crippen LogP contribution in [0, 0.1) is 6.92 Å². The largest absolute Gasteiger partial charge is 0.508 e. The predicted octanol–water partition coefficient (Wildman–Crippen LogP) is 6.62. The van der Waals surface area contributed by atoms with E-state index < -0.39 is 0 Å². The van der Waals surface area contributed by atoms with E-state index in [1.165, 1.54) is 5.56 Å². The number of hydrogen-bond donors (Lipinski definition) is 1. The number of pyridine rings is 1. The summed E-state index contributed by atoms with van der Waals surface area (Å²) < 4.78 is 7.04. The zero-order valence-corrected chi connectivity index (χ0v) is 21.1. The first-order chi connectivity index (χ1) is 16.9. The molecule has 0 bridgehead atoms. The smallest absolute Gasteiger partial charge is 0.325 e. The van der Waals surface area contributed by atoms with Crippen molar-refractivity contribution < 1.29 is 14.6 Å². The molecule has 0 amide bonds. The van der Waals surface area contributed by atoms with Crippen LogP contribution in [-0.4, -0.2) is 27.2 Å². The van der Waals surface area contributed by atoms with Gasteiger partial charge in [0, 0.05) is 29.6 Å². The highest BCUT2D eigenvalue weighted by Gasteiger charge is 2.18. The summed E-state index contributed by atoms with van der Waals surface area (Å²) in [4.78, 5) is 16.1. The number of aromatic hydroxyl groups is 1. The third-order valence-corrected chi connectivity index (χ3v) is 5.92. The molecular formula is C29H31ClN2O3. The second-order valence-electron chi connectivity index (χ2n) is 8.04. The van der Waals surface area contributed by atoms with Crippen LogP contribution in [0.4, 0.5) is 0 Å². The first kappa shape index (κ1) is 26.0. The Morgan fingerprint density at radius 3 is 2.34 bits per heavy atom. The average molecular weight is 491 g/mol. The quantitative estimate of drug-likeness (QED) is 0.233. The molecule has 4 aromatic rings. The van der Waals surface area contributed by atoms with Gasteiger partial charge in [0.1, 0.15) is 17.4 Å².